The third-order valence-electron chi connectivity index (χ3n) is 3.53. The van der Waals surface area contributed by atoms with Crippen molar-refractivity contribution >= 4 is 11.6 Å². The molecule has 2 aliphatic heterocycles. The SMILES string of the molecule is OC(CCl)CN1CCCN2CCCC2C1. The van der Waals surface area contributed by atoms with E-state index < -0.39 is 0 Å². The summed E-state index contributed by atoms with van der Waals surface area (Å²) in [6.45, 7) is 5.48. The van der Waals surface area contributed by atoms with Crippen LogP contribution in [-0.4, -0.2) is 65.7 Å². The monoisotopic (exact) mass is 232 g/mol. The van der Waals surface area contributed by atoms with E-state index in [4.69, 9.17) is 11.6 Å². The predicted octanol–water partition coefficient (Wildman–Crippen LogP) is 0.756. The normalized spacial score (nSPS) is 31.2. The second-order valence-electron chi connectivity index (χ2n) is 4.75. The van der Waals surface area contributed by atoms with E-state index in [1.54, 1.807) is 0 Å². The molecule has 0 aromatic carbocycles. The highest BCUT2D eigenvalue weighted by Crippen LogP contribution is 2.21. The van der Waals surface area contributed by atoms with Gasteiger partial charge in [0.15, 0.2) is 0 Å². The molecule has 88 valence electrons. The fourth-order valence-corrected chi connectivity index (χ4v) is 2.89. The van der Waals surface area contributed by atoms with Gasteiger partial charge in [-0.05, 0) is 38.9 Å². The van der Waals surface area contributed by atoms with Crippen LogP contribution in [0.4, 0.5) is 0 Å². The largest absolute Gasteiger partial charge is 0.391 e. The van der Waals surface area contributed by atoms with E-state index in [0.29, 0.717) is 5.88 Å². The van der Waals surface area contributed by atoms with Gasteiger partial charge in [-0.3, -0.25) is 9.80 Å². The first-order chi connectivity index (χ1) is 7.29. The minimum absolute atomic E-state index is 0.352. The molecule has 0 spiro atoms. The average molecular weight is 233 g/mol. The smallest absolute Gasteiger partial charge is 0.0802 e. The molecular formula is C11H21ClN2O. The molecule has 2 rings (SSSR count). The summed E-state index contributed by atoms with van der Waals surface area (Å²) in [5.41, 5.74) is 0. The number of aliphatic hydroxyl groups excluding tert-OH is 1. The highest BCUT2D eigenvalue weighted by molar-refractivity contribution is 6.18. The number of alkyl halides is 1. The second kappa shape index (κ2) is 5.48. The molecule has 4 heteroatoms. The zero-order valence-corrected chi connectivity index (χ0v) is 9.99. The molecule has 0 amide bonds. The van der Waals surface area contributed by atoms with Crippen LogP contribution in [-0.2, 0) is 0 Å². The summed E-state index contributed by atoms with van der Waals surface area (Å²) in [4.78, 5) is 4.98. The molecule has 1 N–H and O–H groups in total. The quantitative estimate of drug-likeness (QED) is 0.728. The third-order valence-corrected chi connectivity index (χ3v) is 3.89. The van der Waals surface area contributed by atoms with Crippen molar-refractivity contribution in [3.8, 4) is 0 Å². The second-order valence-corrected chi connectivity index (χ2v) is 5.06. The van der Waals surface area contributed by atoms with Gasteiger partial charge in [-0.2, -0.15) is 0 Å². The van der Waals surface area contributed by atoms with Crippen LogP contribution in [0.1, 0.15) is 19.3 Å². The van der Waals surface area contributed by atoms with E-state index in [1.807, 2.05) is 0 Å². The van der Waals surface area contributed by atoms with Crippen molar-refractivity contribution in [3.05, 3.63) is 0 Å². The summed E-state index contributed by atoms with van der Waals surface area (Å²) in [5, 5.41) is 9.56. The molecule has 0 aromatic rings. The fraction of sp³-hybridized carbons (Fsp3) is 1.00. The molecule has 2 saturated heterocycles. The van der Waals surface area contributed by atoms with E-state index in [0.717, 1.165) is 25.7 Å². The zero-order chi connectivity index (χ0) is 10.7. The van der Waals surface area contributed by atoms with Gasteiger partial charge in [-0.1, -0.05) is 0 Å². The van der Waals surface area contributed by atoms with Crippen LogP contribution >= 0.6 is 11.6 Å². The molecule has 0 radical (unpaired) electrons. The zero-order valence-electron chi connectivity index (χ0n) is 9.24. The lowest BCUT2D eigenvalue weighted by Gasteiger charge is -2.26. The highest BCUT2D eigenvalue weighted by atomic mass is 35.5. The lowest BCUT2D eigenvalue weighted by atomic mass is 10.2. The molecule has 2 fully saturated rings. The van der Waals surface area contributed by atoms with Crippen LogP contribution in [0.3, 0.4) is 0 Å². The Balaban J connectivity index is 1.85. The Morgan fingerprint density at radius 1 is 1.27 bits per heavy atom. The molecule has 2 unspecified atom stereocenters. The predicted molar refractivity (Wildman–Crippen MR) is 62.4 cm³/mol. The Kier molecular flexibility index (Phi) is 4.26. The van der Waals surface area contributed by atoms with Crippen molar-refractivity contribution < 1.29 is 5.11 Å². The molecule has 2 atom stereocenters. The molecule has 0 saturated carbocycles. The maximum absolute atomic E-state index is 9.56. The third kappa shape index (κ3) is 3.06. The van der Waals surface area contributed by atoms with E-state index in [-0.39, 0.29) is 6.10 Å². The van der Waals surface area contributed by atoms with Crippen molar-refractivity contribution in [1.29, 1.82) is 0 Å². The van der Waals surface area contributed by atoms with E-state index in [2.05, 4.69) is 9.80 Å². The van der Waals surface area contributed by atoms with Gasteiger partial charge in [0.1, 0.15) is 0 Å². The minimum Gasteiger partial charge on any atom is -0.391 e. The summed E-state index contributed by atoms with van der Waals surface area (Å²) < 4.78 is 0. The highest BCUT2D eigenvalue weighted by Gasteiger charge is 2.28. The first kappa shape index (κ1) is 11.6. The van der Waals surface area contributed by atoms with E-state index in [1.165, 1.54) is 32.4 Å². The Bertz CT molecular complexity index is 203. The van der Waals surface area contributed by atoms with Crippen molar-refractivity contribution in [3.63, 3.8) is 0 Å². The van der Waals surface area contributed by atoms with Gasteiger partial charge >= 0.3 is 0 Å². The standard InChI is InChI=1S/C11H21ClN2O/c12-7-11(15)9-13-4-2-6-14-5-1-3-10(14)8-13/h10-11,15H,1-9H2. The Hall–Kier alpha value is 0.170. The van der Waals surface area contributed by atoms with Crippen LogP contribution < -0.4 is 0 Å². The lowest BCUT2D eigenvalue weighted by Crippen LogP contribution is -2.40. The van der Waals surface area contributed by atoms with Crippen LogP contribution in [0.25, 0.3) is 0 Å². The Morgan fingerprint density at radius 2 is 2.07 bits per heavy atom. The van der Waals surface area contributed by atoms with Gasteiger partial charge < -0.3 is 5.11 Å². The summed E-state index contributed by atoms with van der Waals surface area (Å²) >= 11 is 5.64. The van der Waals surface area contributed by atoms with Crippen LogP contribution in [0, 0.1) is 0 Å². The van der Waals surface area contributed by atoms with Crippen molar-refractivity contribution in [1.82, 2.24) is 9.80 Å². The number of β-amino-alcohol motifs (C(OH)–C–C–N with tert-alkyl or cyclic N) is 1. The maximum Gasteiger partial charge on any atom is 0.0802 e. The van der Waals surface area contributed by atoms with Crippen molar-refractivity contribution in [2.24, 2.45) is 0 Å². The van der Waals surface area contributed by atoms with Crippen LogP contribution in [0.5, 0.6) is 0 Å². The van der Waals surface area contributed by atoms with E-state index >= 15 is 0 Å². The number of rotatable bonds is 3. The van der Waals surface area contributed by atoms with E-state index in [9.17, 15) is 5.11 Å². The molecule has 2 heterocycles. The first-order valence-corrected chi connectivity index (χ1v) is 6.53. The molecule has 0 aliphatic carbocycles. The van der Waals surface area contributed by atoms with Crippen molar-refractivity contribution in [2.75, 3.05) is 38.6 Å². The fourth-order valence-electron chi connectivity index (χ4n) is 2.80. The topological polar surface area (TPSA) is 26.7 Å². The molecule has 0 bridgehead atoms. The lowest BCUT2D eigenvalue weighted by molar-refractivity contribution is 0.122. The Morgan fingerprint density at radius 3 is 2.87 bits per heavy atom. The van der Waals surface area contributed by atoms with Crippen molar-refractivity contribution in [2.45, 2.75) is 31.4 Å². The van der Waals surface area contributed by atoms with Gasteiger partial charge in [0.25, 0.3) is 0 Å². The van der Waals surface area contributed by atoms with Gasteiger partial charge in [0.2, 0.25) is 0 Å². The summed E-state index contributed by atoms with van der Waals surface area (Å²) in [6, 6.07) is 0.732. The molecule has 3 nitrogen and oxygen atoms in total. The summed E-state index contributed by atoms with van der Waals surface area (Å²) in [6.07, 6.45) is 3.54. The summed E-state index contributed by atoms with van der Waals surface area (Å²) in [5.74, 6) is 0.352. The number of hydrogen-bond donors (Lipinski definition) is 1. The van der Waals surface area contributed by atoms with Crippen LogP contribution in [0.15, 0.2) is 0 Å². The number of aliphatic hydroxyl groups is 1. The number of nitrogens with zero attached hydrogens (tertiary/aromatic N) is 2. The van der Waals surface area contributed by atoms with Crippen LogP contribution in [0.2, 0.25) is 0 Å². The minimum atomic E-state index is -0.361. The van der Waals surface area contributed by atoms with Gasteiger partial charge in [0, 0.05) is 25.0 Å². The molecule has 2 aliphatic rings. The van der Waals surface area contributed by atoms with Gasteiger partial charge in [-0.15, -0.1) is 11.6 Å². The summed E-state index contributed by atoms with van der Waals surface area (Å²) in [7, 11) is 0. The van der Waals surface area contributed by atoms with Gasteiger partial charge in [0.05, 0.1) is 6.10 Å². The molecule has 15 heavy (non-hydrogen) atoms. The first-order valence-electron chi connectivity index (χ1n) is 6.00. The number of hydrogen-bond acceptors (Lipinski definition) is 3. The molecular weight excluding hydrogens is 212 g/mol. The average Bonchev–Trinajstić information content (AvgIpc) is 2.58. The Labute approximate surface area is 97.0 Å². The molecule has 0 aromatic heterocycles. The maximum atomic E-state index is 9.56. The number of fused-ring (bicyclic) bond motifs is 1. The van der Waals surface area contributed by atoms with Gasteiger partial charge in [-0.25, -0.2) is 0 Å². The number of halogens is 1.